The first-order valence-corrected chi connectivity index (χ1v) is 7.59. The monoisotopic (exact) mass is 259 g/mol. The molecule has 2 aliphatic rings. The van der Waals surface area contributed by atoms with Crippen LogP contribution >= 0.6 is 11.8 Å². The number of hydrazine groups is 1. The number of hydrogen-bond acceptors (Lipinski definition) is 5. The molecule has 0 aromatic heterocycles. The van der Waals surface area contributed by atoms with Crippen LogP contribution in [0.3, 0.4) is 0 Å². The second-order valence-electron chi connectivity index (χ2n) is 6.03. The van der Waals surface area contributed by atoms with E-state index < -0.39 is 0 Å². The number of nitrogens with one attached hydrogen (secondary N) is 1. The fourth-order valence-corrected chi connectivity index (χ4v) is 4.23. The van der Waals surface area contributed by atoms with E-state index in [1.165, 1.54) is 5.75 Å². The molecule has 2 aliphatic heterocycles. The molecule has 0 radical (unpaired) electrons. The van der Waals surface area contributed by atoms with Gasteiger partial charge in [-0.1, -0.05) is 13.8 Å². The highest BCUT2D eigenvalue weighted by Gasteiger charge is 2.40. The third-order valence-corrected chi connectivity index (χ3v) is 5.23. The first kappa shape index (κ1) is 13.6. The molecule has 4 nitrogen and oxygen atoms in total. The summed E-state index contributed by atoms with van der Waals surface area (Å²) in [4.78, 5) is 0. The van der Waals surface area contributed by atoms with Crippen molar-refractivity contribution in [1.82, 2.24) is 10.4 Å². The average molecular weight is 259 g/mol. The first-order valence-electron chi connectivity index (χ1n) is 6.44. The highest BCUT2D eigenvalue weighted by atomic mass is 32.2. The van der Waals surface area contributed by atoms with Gasteiger partial charge in [-0.25, -0.2) is 10.4 Å². The molecule has 0 aliphatic carbocycles. The van der Waals surface area contributed by atoms with Gasteiger partial charge < -0.3 is 10.5 Å². The van der Waals surface area contributed by atoms with Gasteiger partial charge in [0, 0.05) is 25.4 Å². The van der Waals surface area contributed by atoms with Crippen molar-refractivity contribution >= 4 is 11.8 Å². The fraction of sp³-hybridized carbons (Fsp3) is 1.00. The van der Waals surface area contributed by atoms with Gasteiger partial charge in [-0.3, -0.25) is 0 Å². The quantitative estimate of drug-likeness (QED) is 0.781. The molecule has 0 bridgehead atoms. The van der Waals surface area contributed by atoms with E-state index in [-0.39, 0.29) is 5.54 Å². The Labute approximate surface area is 109 Å². The smallest absolute Gasteiger partial charge is 0.0608 e. The van der Waals surface area contributed by atoms with E-state index in [0.29, 0.717) is 12.0 Å². The van der Waals surface area contributed by atoms with Crippen LogP contribution in [0.5, 0.6) is 0 Å². The zero-order chi connectivity index (χ0) is 12.4. The Kier molecular flexibility index (Phi) is 4.36. The lowest BCUT2D eigenvalue weighted by atomic mass is 9.80. The molecule has 0 aromatic carbocycles. The predicted octanol–water partition coefficient (Wildman–Crippen LogP) is 0.684. The van der Waals surface area contributed by atoms with Crippen molar-refractivity contribution in [2.45, 2.75) is 25.8 Å². The van der Waals surface area contributed by atoms with Crippen LogP contribution < -0.4 is 11.2 Å². The highest BCUT2D eigenvalue weighted by Crippen LogP contribution is 2.38. The highest BCUT2D eigenvalue weighted by molar-refractivity contribution is 7.99. The normalized spacial score (nSPS) is 34.8. The van der Waals surface area contributed by atoms with Gasteiger partial charge >= 0.3 is 0 Å². The maximum atomic E-state index is 6.04. The maximum Gasteiger partial charge on any atom is 0.0608 e. The molecule has 2 fully saturated rings. The number of morpholine rings is 1. The van der Waals surface area contributed by atoms with E-state index in [1.807, 2.05) is 11.8 Å². The van der Waals surface area contributed by atoms with E-state index >= 15 is 0 Å². The summed E-state index contributed by atoms with van der Waals surface area (Å²) in [7, 11) is 0. The largest absolute Gasteiger partial charge is 0.379 e. The lowest BCUT2D eigenvalue weighted by molar-refractivity contribution is -0.0149. The van der Waals surface area contributed by atoms with E-state index in [4.69, 9.17) is 10.5 Å². The van der Waals surface area contributed by atoms with Crippen molar-refractivity contribution in [3.63, 3.8) is 0 Å². The molecule has 2 heterocycles. The van der Waals surface area contributed by atoms with Crippen molar-refractivity contribution in [3.05, 3.63) is 0 Å². The molecule has 3 N–H and O–H groups in total. The molecular formula is C12H25N3OS. The second-order valence-corrected chi connectivity index (χ2v) is 7.02. The Balaban J connectivity index is 1.97. The van der Waals surface area contributed by atoms with Crippen LogP contribution in [0, 0.1) is 5.41 Å². The Morgan fingerprint density at radius 1 is 1.29 bits per heavy atom. The van der Waals surface area contributed by atoms with Crippen LogP contribution in [0.2, 0.25) is 0 Å². The Morgan fingerprint density at radius 2 is 2.00 bits per heavy atom. The van der Waals surface area contributed by atoms with Crippen molar-refractivity contribution in [2.75, 3.05) is 44.4 Å². The number of rotatable bonds is 3. The van der Waals surface area contributed by atoms with E-state index in [2.05, 4.69) is 24.3 Å². The third kappa shape index (κ3) is 3.58. The van der Waals surface area contributed by atoms with Crippen molar-refractivity contribution < 1.29 is 4.74 Å². The van der Waals surface area contributed by atoms with E-state index in [1.54, 1.807) is 0 Å². The Hall–Kier alpha value is 0.190. The predicted molar refractivity (Wildman–Crippen MR) is 73.0 cm³/mol. The number of nitrogens with zero attached hydrogens (tertiary/aromatic N) is 1. The molecule has 1 unspecified atom stereocenters. The first-order chi connectivity index (χ1) is 8.05. The topological polar surface area (TPSA) is 50.5 Å². The molecule has 0 spiro atoms. The molecule has 5 heteroatoms. The lowest BCUT2D eigenvalue weighted by Gasteiger charge is -2.47. The molecule has 2 rings (SSSR count). The lowest BCUT2D eigenvalue weighted by Crippen LogP contribution is -2.64. The molecule has 17 heavy (non-hydrogen) atoms. The van der Waals surface area contributed by atoms with Crippen LogP contribution in [0.4, 0.5) is 0 Å². The summed E-state index contributed by atoms with van der Waals surface area (Å²) in [5, 5.41) is 2.29. The van der Waals surface area contributed by atoms with E-state index in [0.717, 1.165) is 38.5 Å². The van der Waals surface area contributed by atoms with Gasteiger partial charge in [0.2, 0.25) is 0 Å². The Morgan fingerprint density at radius 3 is 2.59 bits per heavy atom. The van der Waals surface area contributed by atoms with E-state index in [9.17, 15) is 0 Å². The van der Waals surface area contributed by atoms with Crippen LogP contribution in [-0.2, 0) is 4.74 Å². The molecular weight excluding hydrogens is 234 g/mol. The number of hydrogen-bond donors (Lipinski definition) is 2. The van der Waals surface area contributed by atoms with Gasteiger partial charge in [-0.2, -0.15) is 11.8 Å². The van der Waals surface area contributed by atoms with Gasteiger partial charge in [0.25, 0.3) is 0 Å². The van der Waals surface area contributed by atoms with Gasteiger partial charge in [0.15, 0.2) is 0 Å². The summed E-state index contributed by atoms with van der Waals surface area (Å²) in [6, 6.07) is 0. The molecule has 0 aromatic rings. The number of thioether (sulfide) groups is 1. The maximum absolute atomic E-state index is 6.04. The molecule has 0 saturated carbocycles. The number of ether oxygens (including phenoxy) is 1. The second kappa shape index (κ2) is 5.45. The van der Waals surface area contributed by atoms with Crippen LogP contribution in [0.1, 0.15) is 20.3 Å². The van der Waals surface area contributed by atoms with Gasteiger partial charge in [0.05, 0.1) is 18.8 Å². The van der Waals surface area contributed by atoms with Gasteiger partial charge in [-0.05, 0) is 17.6 Å². The zero-order valence-electron chi connectivity index (χ0n) is 11.0. The van der Waals surface area contributed by atoms with Gasteiger partial charge in [0.1, 0.15) is 0 Å². The van der Waals surface area contributed by atoms with Crippen molar-refractivity contribution in [3.8, 4) is 0 Å². The summed E-state index contributed by atoms with van der Waals surface area (Å²) < 4.78 is 5.38. The minimum Gasteiger partial charge on any atom is -0.379 e. The third-order valence-electron chi connectivity index (χ3n) is 3.49. The minimum atomic E-state index is 0.0732. The molecule has 0 amide bonds. The summed E-state index contributed by atoms with van der Waals surface area (Å²) in [5.74, 6) is 2.35. The number of nitrogens with two attached hydrogens (primary N) is 1. The zero-order valence-corrected chi connectivity index (χ0v) is 11.8. The standard InChI is InChI=1S/C12H25N3OS/c1-11(2)7-12(8-13,10-17-9-11)14-15-3-5-16-6-4-15/h14H,3-10,13H2,1-2H3. The van der Waals surface area contributed by atoms with Crippen LogP contribution in [-0.4, -0.2) is 54.9 Å². The molecule has 2 saturated heterocycles. The molecule has 1 atom stereocenters. The summed E-state index contributed by atoms with van der Waals surface area (Å²) in [5.41, 5.74) is 10.2. The SMILES string of the molecule is CC1(C)CSCC(CN)(NN2CCOCC2)C1. The summed E-state index contributed by atoms with van der Waals surface area (Å²) in [6.45, 7) is 8.96. The van der Waals surface area contributed by atoms with Crippen LogP contribution in [0.15, 0.2) is 0 Å². The Bertz CT molecular complexity index is 256. The summed E-state index contributed by atoms with van der Waals surface area (Å²) >= 11 is 2.02. The minimum absolute atomic E-state index is 0.0732. The van der Waals surface area contributed by atoms with Gasteiger partial charge in [-0.15, -0.1) is 0 Å². The fourth-order valence-electron chi connectivity index (χ4n) is 2.80. The molecule has 100 valence electrons. The summed E-state index contributed by atoms with van der Waals surface area (Å²) in [6.07, 6.45) is 1.15. The van der Waals surface area contributed by atoms with Crippen molar-refractivity contribution in [1.29, 1.82) is 0 Å². The van der Waals surface area contributed by atoms with Crippen LogP contribution in [0.25, 0.3) is 0 Å². The average Bonchev–Trinajstić information content (AvgIpc) is 2.29. The van der Waals surface area contributed by atoms with Crippen molar-refractivity contribution in [2.24, 2.45) is 11.1 Å².